The molecule has 0 radical (unpaired) electrons. The Morgan fingerprint density at radius 3 is 2.55 bits per heavy atom. The summed E-state index contributed by atoms with van der Waals surface area (Å²) in [6, 6.07) is 10.8. The van der Waals surface area contributed by atoms with Gasteiger partial charge >= 0.3 is 6.09 Å². The van der Waals surface area contributed by atoms with Crippen LogP contribution >= 0.6 is 0 Å². The van der Waals surface area contributed by atoms with Gasteiger partial charge in [-0.1, -0.05) is 26.8 Å². The number of hydrogen-bond donors (Lipinski definition) is 1. The van der Waals surface area contributed by atoms with Crippen molar-refractivity contribution < 1.29 is 13.9 Å². The summed E-state index contributed by atoms with van der Waals surface area (Å²) in [7, 11) is 0. The maximum absolute atomic E-state index is 13.8. The quantitative estimate of drug-likeness (QED) is 0.442. The van der Waals surface area contributed by atoms with Gasteiger partial charge in [0.05, 0.1) is 18.0 Å². The van der Waals surface area contributed by atoms with E-state index in [9.17, 15) is 9.18 Å². The molecule has 7 heteroatoms. The smallest absolute Gasteiger partial charge is 0.404 e. The summed E-state index contributed by atoms with van der Waals surface area (Å²) in [4.78, 5) is 22.6. The number of rotatable bonds is 9. The molecule has 1 unspecified atom stereocenters. The molecule has 0 fully saturated rings. The molecule has 1 amide bonds. The lowest BCUT2D eigenvalue weighted by atomic mass is 9.82. The van der Waals surface area contributed by atoms with E-state index in [1.165, 1.54) is 12.1 Å². The number of aryl methyl sites for hydroxylation is 1. The summed E-state index contributed by atoms with van der Waals surface area (Å²) < 4.78 is 18.8. The van der Waals surface area contributed by atoms with Crippen molar-refractivity contribution in [3.8, 4) is 0 Å². The third-order valence-corrected chi connectivity index (χ3v) is 5.94. The number of primary amides is 1. The molecule has 0 saturated heterocycles. The Bertz CT molecular complexity index is 1100. The van der Waals surface area contributed by atoms with Crippen molar-refractivity contribution in [3.05, 3.63) is 71.6 Å². The predicted molar refractivity (Wildman–Crippen MR) is 128 cm³/mol. The van der Waals surface area contributed by atoms with Crippen LogP contribution in [0.15, 0.2) is 48.8 Å². The second-order valence-corrected chi connectivity index (χ2v) is 9.49. The number of amides is 1. The van der Waals surface area contributed by atoms with Gasteiger partial charge in [0.25, 0.3) is 0 Å². The van der Waals surface area contributed by atoms with Crippen molar-refractivity contribution in [2.24, 2.45) is 11.1 Å². The number of nitrogens with zero attached hydrogens (tertiary/aromatic N) is 3. The monoisotopic (exact) mass is 452 g/mol. The lowest BCUT2D eigenvalue weighted by Gasteiger charge is -2.40. The van der Waals surface area contributed by atoms with Crippen LogP contribution in [0.3, 0.4) is 0 Å². The van der Waals surface area contributed by atoms with E-state index in [0.29, 0.717) is 19.5 Å². The molecule has 2 N–H and O–H groups in total. The highest BCUT2D eigenvalue weighted by atomic mass is 19.1. The van der Waals surface area contributed by atoms with Gasteiger partial charge in [-0.3, -0.25) is 14.9 Å². The molecule has 1 atom stereocenters. The lowest BCUT2D eigenvalue weighted by molar-refractivity contribution is 0.0673. The van der Waals surface area contributed by atoms with Gasteiger partial charge in [0, 0.05) is 36.9 Å². The number of nitrogens with two attached hydrogens (primary N) is 1. The molecule has 0 bridgehead atoms. The Morgan fingerprint density at radius 2 is 1.85 bits per heavy atom. The first-order valence-corrected chi connectivity index (χ1v) is 11.2. The number of hydrogen-bond acceptors (Lipinski definition) is 5. The molecule has 3 aromatic rings. The standard InChI is InChI=1S/C26H33FN4O2/c1-18-7-5-12-29-22(18)16-31(24(26(2,3)4)8-6-14-33-25(28)32)17-23-21-10-9-20(27)15-19(21)11-13-30-23/h5,7,9-13,15,24H,6,8,14,16-17H2,1-4H3,(H2,28,32). The first kappa shape index (κ1) is 24.6. The zero-order chi connectivity index (χ0) is 24.0. The van der Waals surface area contributed by atoms with Crippen molar-refractivity contribution in [3.63, 3.8) is 0 Å². The molecular weight excluding hydrogens is 419 g/mol. The second kappa shape index (κ2) is 10.7. The fourth-order valence-electron chi connectivity index (χ4n) is 4.30. The number of ether oxygens (including phenoxy) is 1. The van der Waals surface area contributed by atoms with Crippen molar-refractivity contribution in [2.45, 2.75) is 59.7 Å². The van der Waals surface area contributed by atoms with Gasteiger partial charge in [0.15, 0.2) is 0 Å². The van der Waals surface area contributed by atoms with Gasteiger partial charge in [-0.05, 0) is 66.5 Å². The molecule has 6 nitrogen and oxygen atoms in total. The molecular formula is C26H33FN4O2. The highest BCUT2D eigenvalue weighted by molar-refractivity contribution is 5.84. The predicted octanol–water partition coefficient (Wildman–Crippen LogP) is 5.37. The summed E-state index contributed by atoms with van der Waals surface area (Å²) in [5, 5.41) is 1.77. The average Bonchev–Trinajstić information content (AvgIpc) is 2.73. The third kappa shape index (κ3) is 6.71. The minimum atomic E-state index is -0.754. The Labute approximate surface area is 195 Å². The molecule has 33 heavy (non-hydrogen) atoms. The Balaban J connectivity index is 1.95. The van der Waals surface area contributed by atoms with E-state index in [0.717, 1.165) is 34.1 Å². The molecule has 0 aliphatic carbocycles. The van der Waals surface area contributed by atoms with E-state index >= 15 is 0 Å². The molecule has 2 heterocycles. The topological polar surface area (TPSA) is 81.3 Å². The average molecular weight is 453 g/mol. The molecule has 0 aliphatic heterocycles. The van der Waals surface area contributed by atoms with Gasteiger partial charge in [-0.15, -0.1) is 0 Å². The van der Waals surface area contributed by atoms with Crippen molar-refractivity contribution >= 4 is 16.9 Å². The summed E-state index contributed by atoms with van der Waals surface area (Å²) >= 11 is 0. The first-order chi connectivity index (χ1) is 15.6. The third-order valence-electron chi connectivity index (χ3n) is 5.94. The molecule has 0 aliphatic rings. The largest absolute Gasteiger partial charge is 0.450 e. The van der Waals surface area contributed by atoms with Crippen LogP contribution in [-0.4, -0.2) is 33.6 Å². The first-order valence-electron chi connectivity index (χ1n) is 11.2. The molecule has 176 valence electrons. The van der Waals surface area contributed by atoms with Crippen LogP contribution in [-0.2, 0) is 17.8 Å². The Morgan fingerprint density at radius 1 is 1.12 bits per heavy atom. The number of carbonyl (C=O) groups excluding carboxylic acids is 1. The van der Waals surface area contributed by atoms with Crippen LogP contribution in [0, 0.1) is 18.2 Å². The SMILES string of the molecule is Cc1cccnc1CN(Cc1nccc2cc(F)ccc12)C(CCCOC(N)=O)C(C)(C)C. The minimum absolute atomic E-state index is 0.0634. The normalized spacial score (nSPS) is 12.8. The highest BCUT2D eigenvalue weighted by Crippen LogP contribution is 2.32. The van der Waals surface area contributed by atoms with Gasteiger partial charge in [-0.2, -0.15) is 0 Å². The number of carbonyl (C=O) groups is 1. The molecule has 0 spiro atoms. The maximum Gasteiger partial charge on any atom is 0.404 e. The Hall–Kier alpha value is -3.06. The van der Waals surface area contributed by atoms with E-state index in [2.05, 4.69) is 48.6 Å². The fourth-order valence-corrected chi connectivity index (χ4v) is 4.30. The van der Waals surface area contributed by atoms with E-state index in [1.54, 1.807) is 12.3 Å². The molecule has 0 saturated carbocycles. The van der Waals surface area contributed by atoms with E-state index in [1.807, 2.05) is 18.3 Å². The zero-order valence-corrected chi connectivity index (χ0v) is 19.8. The van der Waals surface area contributed by atoms with Crippen LogP contribution < -0.4 is 5.73 Å². The fraction of sp³-hybridized carbons (Fsp3) is 0.423. The van der Waals surface area contributed by atoms with Crippen LogP contribution in [0.4, 0.5) is 9.18 Å². The number of pyridine rings is 2. The zero-order valence-electron chi connectivity index (χ0n) is 19.8. The van der Waals surface area contributed by atoms with E-state index in [4.69, 9.17) is 10.5 Å². The lowest BCUT2D eigenvalue weighted by Crippen LogP contribution is -2.44. The van der Waals surface area contributed by atoms with Crippen molar-refractivity contribution in [1.82, 2.24) is 14.9 Å². The minimum Gasteiger partial charge on any atom is -0.450 e. The van der Waals surface area contributed by atoms with Gasteiger partial charge in [-0.25, -0.2) is 9.18 Å². The molecule has 3 rings (SSSR count). The second-order valence-electron chi connectivity index (χ2n) is 9.49. The van der Waals surface area contributed by atoms with E-state index in [-0.39, 0.29) is 23.9 Å². The van der Waals surface area contributed by atoms with Crippen LogP contribution in [0.5, 0.6) is 0 Å². The van der Waals surface area contributed by atoms with Crippen LogP contribution in [0.1, 0.15) is 50.6 Å². The Kier molecular flexibility index (Phi) is 7.97. The number of halogens is 1. The summed E-state index contributed by atoms with van der Waals surface area (Å²) in [5.41, 5.74) is 8.08. The summed E-state index contributed by atoms with van der Waals surface area (Å²) in [6.45, 7) is 10.2. The van der Waals surface area contributed by atoms with Crippen LogP contribution in [0.25, 0.3) is 10.8 Å². The molecule has 1 aromatic carbocycles. The van der Waals surface area contributed by atoms with Crippen molar-refractivity contribution in [2.75, 3.05) is 6.61 Å². The van der Waals surface area contributed by atoms with Gasteiger partial charge in [0.2, 0.25) is 0 Å². The van der Waals surface area contributed by atoms with Crippen molar-refractivity contribution in [1.29, 1.82) is 0 Å². The number of fused-ring (bicyclic) bond motifs is 1. The van der Waals surface area contributed by atoms with Gasteiger partial charge in [0.1, 0.15) is 5.82 Å². The van der Waals surface area contributed by atoms with Crippen LogP contribution in [0.2, 0.25) is 0 Å². The summed E-state index contributed by atoms with van der Waals surface area (Å²) in [5.74, 6) is -0.261. The summed E-state index contributed by atoms with van der Waals surface area (Å²) in [6.07, 6.45) is 4.29. The highest BCUT2D eigenvalue weighted by Gasteiger charge is 2.31. The molecule has 2 aromatic heterocycles. The number of benzene rings is 1. The van der Waals surface area contributed by atoms with E-state index < -0.39 is 6.09 Å². The number of aromatic nitrogens is 2. The maximum atomic E-state index is 13.8. The van der Waals surface area contributed by atoms with Gasteiger partial charge < -0.3 is 10.5 Å².